The van der Waals surface area contributed by atoms with Crippen LogP contribution in [0.5, 0.6) is 11.5 Å². The third kappa shape index (κ3) is 10.1. The van der Waals surface area contributed by atoms with E-state index in [1.165, 1.54) is 12.3 Å². The van der Waals surface area contributed by atoms with Gasteiger partial charge in [-0.15, -0.1) is 0 Å². The number of amides is 3. The van der Waals surface area contributed by atoms with Crippen molar-refractivity contribution in [2.75, 3.05) is 14.2 Å². The highest BCUT2D eigenvalue weighted by atomic mass is 79.9. The van der Waals surface area contributed by atoms with Crippen molar-refractivity contribution >= 4 is 40.8 Å². The molecule has 3 atom stereocenters. The molecule has 3 rings (SSSR count). The summed E-state index contributed by atoms with van der Waals surface area (Å²) >= 11 is 3.29. The molecule has 0 spiro atoms. The molecule has 0 radical (unpaired) electrons. The minimum absolute atomic E-state index is 0.118. The van der Waals surface area contributed by atoms with E-state index in [4.69, 9.17) is 9.47 Å². The van der Waals surface area contributed by atoms with E-state index < -0.39 is 42.9 Å². The third-order valence-corrected chi connectivity index (χ3v) is 7.20. The number of hydrogen-bond acceptors (Lipinski definition) is 8. The molecule has 0 bridgehead atoms. The van der Waals surface area contributed by atoms with Gasteiger partial charge < -0.3 is 35.5 Å². The number of nitrogens with zero attached hydrogens (tertiary/aromatic N) is 1. The van der Waals surface area contributed by atoms with Crippen molar-refractivity contribution in [1.29, 1.82) is 0 Å². The Morgan fingerprint density at radius 2 is 1.37 bits per heavy atom. The van der Waals surface area contributed by atoms with E-state index in [0.29, 0.717) is 16.0 Å². The number of rotatable bonds is 14. The third-order valence-electron chi connectivity index (χ3n) is 6.73. The van der Waals surface area contributed by atoms with Crippen molar-refractivity contribution in [1.82, 2.24) is 20.9 Å². The first kappa shape index (κ1) is 33.6. The Hall–Kier alpha value is -3.94. The molecule has 43 heavy (non-hydrogen) atoms. The lowest BCUT2D eigenvalue weighted by Gasteiger charge is -2.27. The van der Waals surface area contributed by atoms with Crippen LogP contribution in [0.15, 0.2) is 71.3 Å². The summed E-state index contributed by atoms with van der Waals surface area (Å²) in [5.41, 5.74) is 1.61. The molecule has 0 fully saturated rings. The number of hydrogen-bond donors (Lipinski definition) is 5. The Kier molecular flexibility index (Phi) is 12.5. The number of nitrogens with one attached hydrogen (secondary N) is 3. The Bertz CT molecular complexity index is 1360. The predicted octanol–water partition coefficient (Wildman–Crippen LogP) is 2.08. The largest absolute Gasteiger partial charge is 0.497 e. The molecular weight excluding hydrogens is 619 g/mol. The second-order valence-electron chi connectivity index (χ2n) is 10.3. The molecule has 3 amide bonds. The summed E-state index contributed by atoms with van der Waals surface area (Å²) in [6, 6.07) is 15.1. The van der Waals surface area contributed by atoms with Gasteiger partial charge in [0.15, 0.2) is 0 Å². The summed E-state index contributed by atoms with van der Waals surface area (Å²) in [6.07, 6.45) is 1.73. The topological polar surface area (TPSA) is 159 Å². The molecule has 0 unspecified atom stereocenters. The van der Waals surface area contributed by atoms with E-state index in [1.54, 1.807) is 82.7 Å². The highest BCUT2D eigenvalue weighted by molar-refractivity contribution is 9.10. The SMILES string of the molecule is COc1ccc(C[C@H](NC(=O)[C@@H](NC(=O)[C@H](Cc2ccc(OC)cc2)NC(=O)c2ccc(Br)cn2)C(C)C)B(O)O)cc1. The second-order valence-corrected chi connectivity index (χ2v) is 11.2. The van der Waals surface area contributed by atoms with Crippen LogP contribution in [-0.4, -0.2) is 72.1 Å². The van der Waals surface area contributed by atoms with Crippen molar-refractivity contribution in [3.63, 3.8) is 0 Å². The Labute approximate surface area is 259 Å². The molecule has 5 N–H and O–H groups in total. The molecule has 1 heterocycles. The van der Waals surface area contributed by atoms with Crippen LogP contribution in [0.3, 0.4) is 0 Å². The standard InChI is InChI=1S/C30H36BBrN4O7/c1-18(2)27(30(39)35-26(31(40)41)16-20-7-12-23(43-4)13-8-20)36-29(38)25(15-19-5-10-22(42-3)11-6-19)34-28(37)24-14-9-21(32)17-33-24/h5-14,17-18,25-27,40-41H,15-16H2,1-4H3,(H,34,37)(H,35,39)(H,36,38)/t25-,26-,27-/m0/s1. The number of carbonyl (C=O) groups is 3. The minimum atomic E-state index is -1.85. The number of pyridine rings is 1. The Balaban J connectivity index is 1.78. The first-order chi connectivity index (χ1) is 20.5. The summed E-state index contributed by atoms with van der Waals surface area (Å²) in [5.74, 6) is -1.88. The zero-order chi connectivity index (χ0) is 31.5. The first-order valence-electron chi connectivity index (χ1n) is 13.7. The molecule has 2 aromatic carbocycles. The number of ether oxygens (including phenoxy) is 2. The second kappa shape index (κ2) is 16.1. The van der Waals surface area contributed by atoms with Crippen LogP contribution in [0, 0.1) is 5.92 Å². The molecular formula is C30H36BBrN4O7. The van der Waals surface area contributed by atoms with Crippen LogP contribution in [0.25, 0.3) is 0 Å². The number of benzene rings is 2. The summed E-state index contributed by atoms with van der Waals surface area (Å²) in [5, 5.41) is 28.1. The van der Waals surface area contributed by atoms with Gasteiger partial charge in [0.25, 0.3) is 5.91 Å². The van der Waals surface area contributed by atoms with Gasteiger partial charge in [-0.25, -0.2) is 4.98 Å². The van der Waals surface area contributed by atoms with Crippen LogP contribution in [0.4, 0.5) is 0 Å². The van der Waals surface area contributed by atoms with E-state index in [0.717, 1.165) is 11.1 Å². The number of halogens is 1. The average Bonchev–Trinajstić information content (AvgIpc) is 2.99. The van der Waals surface area contributed by atoms with Crippen LogP contribution >= 0.6 is 15.9 Å². The molecule has 0 saturated carbocycles. The van der Waals surface area contributed by atoms with Crippen molar-refractivity contribution in [2.45, 2.75) is 44.7 Å². The normalized spacial score (nSPS) is 12.9. The zero-order valence-corrected chi connectivity index (χ0v) is 26.0. The average molecular weight is 655 g/mol. The fourth-order valence-electron chi connectivity index (χ4n) is 4.26. The van der Waals surface area contributed by atoms with Gasteiger partial charge in [0.05, 0.1) is 20.2 Å². The van der Waals surface area contributed by atoms with E-state index in [9.17, 15) is 24.4 Å². The van der Waals surface area contributed by atoms with Gasteiger partial charge in [0, 0.05) is 17.1 Å². The maximum absolute atomic E-state index is 13.6. The summed E-state index contributed by atoms with van der Waals surface area (Å²) in [7, 11) is 1.24. The molecule has 0 saturated heterocycles. The van der Waals surface area contributed by atoms with Crippen LogP contribution in [-0.2, 0) is 22.4 Å². The van der Waals surface area contributed by atoms with Gasteiger partial charge in [-0.2, -0.15) is 0 Å². The fourth-order valence-corrected chi connectivity index (χ4v) is 4.49. The monoisotopic (exact) mass is 654 g/mol. The van der Waals surface area contributed by atoms with Gasteiger partial charge >= 0.3 is 7.12 Å². The summed E-state index contributed by atoms with van der Waals surface area (Å²) in [6.45, 7) is 3.50. The van der Waals surface area contributed by atoms with E-state index >= 15 is 0 Å². The molecule has 0 aliphatic carbocycles. The van der Waals surface area contributed by atoms with E-state index in [-0.39, 0.29) is 24.5 Å². The van der Waals surface area contributed by atoms with Gasteiger partial charge in [0.2, 0.25) is 11.8 Å². The lowest BCUT2D eigenvalue weighted by atomic mass is 9.75. The minimum Gasteiger partial charge on any atom is -0.497 e. The highest BCUT2D eigenvalue weighted by Gasteiger charge is 2.33. The van der Waals surface area contributed by atoms with Crippen molar-refractivity contribution in [2.24, 2.45) is 5.92 Å². The van der Waals surface area contributed by atoms with E-state index in [2.05, 4.69) is 36.9 Å². The quantitative estimate of drug-likeness (QED) is 0.165. The molecule has 11 nitrogen and oxygen atoms in total. The lowest BCUT2D eigenvalue weighted by molar-refractivity contribution is -0.131. The van der Waals surface area contributed by atoms with Crippen LogP contribution in [0.2, 0.25) is 0 Å². The Morgan fingerprint density at radius 1 is 0.814 bits per heavy atom. The molecule has 1 aromatic heterocycles. The lowest BCUT2D eigenvalue weighted by Crippen LogP contribution is -2.59. The van der Waals surface area contributed by atoms with Crippen molar-refractivity contribution in [3.8, 4) is 11.5 Å². The molecule has 0 aliphatic rings. The van der Waals surface area contributed by atoms with Gasteiger partial charge in [0.1, 0.15) is 29.3 Å². The van der Waals surface area contributed by atoms with Crippen molar-refractivity contribution in [3.05, 3.63) is 88.2 Å². The smallest absolute Gasteiger partial charge is 0.475 e. The maximum atomic E-state index is 13.6. The molecule has 3 aromatic rings. The predicted molar refractivity (Wildman–Crippen MR) is 165 cm³/mol. The van der Waals surface area contributed by atoms with Crippen LogP contribution in [0.1, 0.15) is 35.5 Å². The first-order valence-corrected chi connectivity index (χ1v) is 14.4. The maximum Gasteiger partial charge on any atom is 0.475 e. The Morgan fingerprint density at radius 3 is 1.84 bits per heavy atom. The number of aromatic nitrogens is 1. The summed E-state index contributed by atoms with van der Waals surface area (Å²) < 4.78 is 11.1. The summed E-state index contributed by atoms with van der Waals surface area (Å²) in [4.78, 5) is 44.1. The van der Waals surface area contributed by atoms with E-state index in [1.807, 2.05) is 0 Å². The van der Waals surface area contributed by atoms with Crippen molar-refractivity contribution < 1.29 is 33.9 Å². The molecule has 228 valence electrons. The van der Waals surface area contributed by atoms with Gasteiger partial charge in [-0.3, -0.25) is 14.4 Å². The highest BCUT2D eigenvalue weighted by Crippen LogP contribution is 2.16. The van der Waals surface area contributed by atoms with Gasteiger partial charge in [-0.1, -0.05) is 38.1 Å². The number of methoxy groups -OCH3 is 2. The fraction of sp³-hybridized carbons (Fsp3) is 0.333. The number of carbonyl (C=O) groups excluding carboxylic acids is 3. The molecule has 0 aliphatic heterocycles. The molecule has 13 heteroatoms. The zero-order valence-electron chi connectivity index (χ0n) is 24.4. The van der Waals surface area contributed by atoms with Crippen LogP contribution < -0.4 is 25.4 Å². The van der Waals surface area contributed by atoms with Gasteiger partial charge in [-0.05, 0) is 75.8 Å².